The normalized spacial score (nSPS) is 15.0. The van der Waals surface area contributed by atoms with Gasteiger partial charge in [-0.05, 0) is 70.6 Å². The summed E-state index contributed by atoms with van der Waals surface area (Å²) in [5.41, 5.74) is 0. The Morgan fingerprint density at radius 3 is 1.47 bits per heavy atom. The van der Waals surface area contributed by atoms with Gasteiger partial charge < -0.3 is 19.8 Å². The molecule has 1 amide bonds. The maximum absolute atomic E-state index is 12.9. The number of unbranched alkanes of at least 4 members (excludes halogenated alkanes) is 16. The van der Waals surface area contributed by atoms with Crippen molar-refractivity contribution < 1.29 is 32.9 Å². The van der Waals surface area contributed by atoms with Gasteiger partial charge in [-0.15, -0.1) is 0 Å². The molecule has 0 radical (unpaired) electrons. The number of phosphoric ester groups is 1. The SMILES string of the molecule is CC/C=C\C/C=C\C/C=C\C/C=C\C/C=C\C/C=C\CCC(=O)NC(COP(=O)(O)OCC[N+](C)(C)C)C(O)/C=C/CC/C=C/CCCCCCCCCCCCCCCCC. The van der Waals surface area contributed by atoms with E-state index in [1.54, 1.807) is 6.08 Å². The molecule has 0 aromatic carbocycles. The van der Waals surface area contributed by atoms with E-state index < -0.39 is 20.0 Å². The topological polar surface area (TPSA) is 105 Å². The summed E-state index contributed by atoms with van der Waals surface area (Å²) >= 11 is 0. The van der Waals surface area contributed by atoms with Gasteiger partial charge in [-0.3, -0.25) is 13.8 Å². The molecule has 0 spiro atoms. The summed E-state index contributed by atoms with van der Waals surface area (Å²) in [5.74, 6) is -0.272. The van der Waals surface area contributed by atoms with Crippen molar-refractivity contribution >= 4 is 13.7 Å². The number of aliphatic hydroxyl groups excluding tert-OH is 1. The van der Waals surface area contributed by atoms with E-state index in [4.69, 9.17) is 9.05 Å². The highest BCUT2D eigenvalue weighted by Gasteiger charge is 2.27. The molecule has 0 aliphatic heterocycles. The van der Waals surface area contributed by atoms with Crippen LogP contribution in [0.5, 0.6) is 0 Å². The number of hydrogen-bond donors (Lipinski definition) is 3. The Morgan fingerprint density at radius 1 is 0.565 bits per heavy atom. The maximum atomic E-state index is 12.9. The molecule has 0 saturated heterocycles. The van der Waals surface area contributed by atoms with Gasteiger partial charge in [-0.25, -0.2) is 4.57 Å². The number of carbonyl (C=O) groups excluding carboxylic acids is 1. The van der Waals surface area contributed by atoms with E-state index in [1.165, 1.54) is 96.3 Å². The monoisotopic (exact) mass is 886 g/mol. The molecule has 0 aliphatic carbocycles. The average molecular weight is 886 g/mol. The number of amides is 1. The van der Waals surface area contributed by atoms with Crippen LogP contribution in [-0.2, 0) is 18.4 Å². The van der Waals surface area contributed by atoms with Crippen LogP contribution in [0.3, 0.4) is 0 Å². The van der Waals surface area contributed by atoms with Crippen LogP contribution in [0.15, 0.2) is 97.2 Å². The zero-order chi connectivity index (χ0) is 45.7. The Hall–Kier alpha value is -2.58. The molecule has 356 valence electrons. The Kier molecular flexibility index (Phi) is 41.8. The van der Waals surface area contributed by atoms with Crippen LogP contribution in [-0.4, -0.2) is 73.4 Å². The van der Waals surface area contributed by atoms with Crippen LogP contribution in [0, 0.1) is 0 Å². The zero-order valence-electron chi connectivity index (χ0n) is 40.3. The van der Waals surface area contributed by atoms with E-state index in [2.05, 4.69) is 92.1 Å². The highest BCUT2D eigenvalue weighted by atomic mass is 31.2. The minimum atomic E-state index is -4.38. The summed E-state index contributed by atoms with van der Waals surface area (Å²) in [6.07, 6.45) is 62.2. The number of aliphatic hydroxyl groups is 1. The summed E-state index contributed by atoms with van der Waals surface area (Å²) in [4.78, 5) is 23.1. The molecule has 0 fully saturated rings. The maximum Gasteiger partial charge on any atom is 0.472 e. The number of rotatable bonds is 43. The van der Waals surface area contributed by atoms with Crippen LogP contribution in [0.4, 0.5) is 0 Å². The fraction of sp³-hybridized carbons (Fsp3) is 0.679. The smallest absolute Gasteiger partial charge is 0.387 e. The van der Waals surface area contributed by atoms with E-state index in [-0.39, 0.29) is 25.5 Å². The largest absolute Gasteiger partial charge is 0.472 e. The second kappa shape index (κ2) is 43.7. The first kappa shape index (κ1) is 59.4. The Labute approximate surface area is 381 Å². The summed E-state index contributed by atoms with van der Waals surface area (Å²) in [7, 11) is 1.49. The quantitative estimate of drug-likeness (QED) is 0.0244. The van der Waals surface area contributed by atoms with Crippen molar-refractivity contribution in [1.82, 2.24) is 5.32 Å². The van der Waals surface area contributed by atoms with Crippen LogP contribution in [0.25, 0.3) is 0 Å². The van der Waals surface area contributed by atoms with Gasteiger partial charge in [-0.2, -0.15) is 0 Å². The van der Waals surface area contributed by atoms with Crippen LogP contribution in [0.2, 0.25) is 0 Å². The molecule has 0 rings (SSSR count). The van der Waals surface area contributed by atoms with Gasteiger partial charge in [-0.1, -0.05) is 201 Å². The average Bonchev–Trinajstić information content (AvgIpc) is 3.23. The van der Waals surface area contributed by atoms with Crippen molar-refractivity contribution in [3.8, 4) is 0 Å². The molecule has 0 saturated carbocycles. The first-order chi connectivity index (χ1) is 30.0. The molecule has 8 nitrogen and oxygen atoms in total. The molecular formula is C53H94N2O6P+. The van der Waals surface area contributed by atoms with E-state index >= 15 is 0 Å². The van der Waals surface area contributed by atoms with Crippen molar-refractivity contribution in [1.29, 1.82) is 0 Å². The van der Waals surface area contributed by atoms with Gasteiger partial charge in [0.2, 0.25) is 5.91 Å². The third-order valence-corrected chi connectivity index (χ3v) is 11.3. The summed E-state index contributed by atoms with van der Waals surface area (Å²) in [6.45, 7) is 4.61. The lowest BCUT2D eigenvalue weighted by Crippen LogP contribution is -2.45. The third kappa shape index (κ3) is 45.4. The molecule has 62 heavy (non-hydrogen) atoms. The first-order valence-corrected chi connectivity index (χ1v) is 26.1. The molecule has 3 unspecified atom stereocenters. The van der Waals surface area contributed by atoms with Crippen LogP contribution >= 0.6 is 7.82 Å². The van der Waals surface area contributed by atoms with Gasteiger partial charge in [0.05, 0.1) is 39.9 Å². The minimum Gasteiger partial charge on any atom is -0.387 e. The molecule has 0 aromatic heterocycles. The second-order valence-corrected chi connectivity index (χ2v) is 18.9. The zero-order valence-corrected chi connectivity index (χ0v) is 41.2. The highest BCUT2D eigenvalue weighted by Crippen LogP contribution is 2.43. The minimum absolute atomic E-state index is 0.0374. The number of carbonyl (C=O) groups is 1. The lowest BCUT2D eigenvalue weighted by Gasteiger charge is -2.25. The molecule has 9 heteroatoms. The third-order valence-electron chi connectivity index (χ3n) is 10.3. The number of quaternary nitrogens is 1. The highest BCUT2D eigenvalue weighted by molar-refractivity contribution is 7.47. The van der Waals surface area contributed by atoms with E-state index in [9.17, 15) is 19.4 Å². The van der Waals surface area contributed by atoms with E-state index in [1.807, 2.05) is 39.4 Å². The van der Waals surface area contributed by atoms with Crippen molar-refractivity contribution in [2.45, 2.75) is 193 Å². The molecule has 0 heterocycles. The van der Waals surface area contributed by atoms with Crippen molar-refractivity contribution in [3.63, 3.8) is 0 Å². The van der Waals surface area contributed by atoms with Crippen molar-refractivity contribution in [3.05, 3.63) is 97.2 Å². The van der Waals surface area contributed by atoms with Gasteiger partial charge in [0.1, 0.15) is 13.2 Å². The lowest BCUT2D eigenvalue weighted by molar-refractivity contribution is -0.870. The van der Waals surface area contributed by atoms with Gasteiger partial charge >= 0.3 is 7.82 Å². The molecule has 0 bridgehead atoms. The first-order valence-electron chi connectivity index (χ1n) is 24.6. The predicted molar refractivity (Wildman–Crippen MR) is 267 cm³/mol. The number of nitrogens with zero attached hydrogens (tertiary/aromatic N) is 1. The number of nitrogens with one attached hydrogen (secondary N) is 1. The van der Waals surface area contributed by atoms with Gasteiger partial charge in [0, 0.05) is 6.42 Å². The lowest BCUT2D eigenvalue weighted by atomic mass is 10.0. The predicted octanol–water partition coefficient (Wildman–Crippen LogP) is 14.3. The summed E-state index contributed by atoms with van der Waals surface area (Å²) in [6, 6.07) is -0.910. The molecule has 3 atom stereocenters. The second-order valence-electron chi connectivity index (χ2n) is 17.4. The molecule has 0 aliphatic rings. The molecular weight excluding hydrogens is 792 g/mol. The summed E-state index contributed by atoms with van der Waals surface area (Å²) in [5, 5.41) is 13.8. The molecule has 3 N–H and O–H groups in total. The van der Waals surface area contributed by atoms with E-state index in [0.717, 1.165) is 57.8 Å². The van der Waals surface area contributed by atoms with Gasteiger partial charge in [0.25, 0.3) is 0 Å². The fourth-order valence-electron chi connectivity index (χ4n) is 6.43. The van der Waals surface area contributed by atoms with Crippen molar-refractivity contribution in [2.75, 3.05) is 40.9 Å². The Bertz CT molecular complexity index is 1330. The number of allylic oxidation sites excluding steroid dienone is 15. The van der Waals surface area contributed by atoms with Gasteiger partial charge in [0.15, 0.2) is 0 Å². The summed E-state index contributed by atoms with van der Waals surface area (Å²) < 4.78 is 23.6. The fourth-order valence-corrected chi connectivity index (χ4v) is 7.17. The number of phosphoric acid groups is 1. The van der Waals surface area contributed by atoms with Crippen LogP contribution in [0.1, 0.15) is 181 Å². The van der Waals surface area contributed by atoms with E-state index in [0.29, 0.717) is 17.4 Å². The number of hydrogen-bond acceptors (Lipinski definition) is 5. The molecule has 0 aromatic rings. The standard InChI is InChI=1S/C53H93N2O6P/c1-6-8-10-12-14-16-18-20-22-24-26-27-29-30-32-34-36-38-40-42-44-46-52(56)51(50-61-62(58,59)60-49-48-55(3,4)5)54-53(57)47-45-43-41-39-37-35-33-31-28-25-23-21-19-17-15-13-11-9-7-2/h9,11,15,17,21,23,28,31,35-38,41,43-44,46,51-52,56H,6-8,10,12-14,16,18-20,22,24-27,29-30,32-34,39-40,42,45,47-50H2,1-5H3,(H-,54,57,58,59)/p+1/b11-9-,17-15-,23-21-,31-28-,37-35-,38-36+,43-41-,46-44+. The Morgan fingerprint density at radius 2 is 0.984 bits per heavy atom. The van der Waals surface area contributed by atoms with Crippen molar-refractivity contribution in [2.24, 2.45) is 0 Å². The van der Waals surface area contributed by atoms with Crippen LogP contribution < -0.4 is 5.32 Å². The number of likely N-dealkylation sites (N-methyl/N-ethyl adjacent to an activating group) is 1. The Balaban J connectivity index is 4.54.